The molecule has 34 heavy (non-hydrogen) atoms. The van der Waals surface area contributed by atoms with E-state index in [-0.39, 0.29) is 30.8 Å². The van der Waals surface area contributed by atoms with E-state index in [9.17, 15) is 22.8 Å². The Balaban J connectivity index is 1.74. The number of halogens is 3. The summed E-state index contributed by atoms with van der Waals surface area (Å²) in [4.78, 5) is 29.0. The number of methoxy groups -OCH3 is 1. The third-order valence-corrected chi connectivity index (χ3v) is 5.57. The van der Waals surface area contributed by atoms with Gasteiger partial charge in [-0.15, -0.1) is 0 Å². The quantitative estimate of drug-likeness (QED) is 0.423. The second-order valence-electron chi connectivity index (χ2n) is 7.91. The fourth-order valence-corrected chi connectivity index (χ4v) is 3.96. The minimum atomic E-state index is -4.46. The second kappa shape index (κ2) is 9.34. The molecule has 0 radical (unpaired) electrons. The number of nitrogens with one attached hydrogen (secondary N) is 1. The van der Waals surface area contributed by atoms with Crippen LogP contribution < -0.4 is 11.2 Å². The summed E-state index contributed by atoms with van der Waals surface area (Å²) in [5, 5.41) is 4.20. The van der Waals surface area contributed by atoms with E-state index in [2.05, 4.69) is 10.1 Å². The molecule has 0 spiro atoms. The van der Waals surface area contributed by atoms with Crippen LogP contribution in [0.4, 0.5) is 13.2 Å². The molecule has 0 atom stereocenters. The number of fused-ring (bicyclic) bond motifs is 1. The molecule has 0 bridgehead atoms. The molecule has 8 nitrogen and oxygen atoms in total. The van der Waals surface area contributed by atoms with E-state index in [1.165, 1.54) is 34.7 Å². The van der Waals surface area contributed by atoms with E-state index < -0.39 is 23.0 Å². The van der Waals surface area contributed by atoms with Gasteiger partial charge in [0.2, 0.25) is 0 Å². The maximum absolute atomic E-state index is 13.3. The molecule has 0 saturated heterocycles. The molecule has 3 heterocycles. The molecule has 0 aliphatic rings. The van der Waals surface area contributed by atoms with Gasteiger partial charge in [-0.05, 0) is 24.1 Å². The summed E-state index contributed by atoms with van der Waals surface area (Å²) in [6, 6.07) is 7.05. The van der Waals surface area contributed by atoms with Crippen molar-refractivity contribution in [2.75, 3.05) is 13.7 Å². The van der Waals surface area contributed by atoms with E-state index in [4.69, 9.17) is 4.74 Å². The first-order chi connectivity index (χ1) is 16.2. The van der Waals surface area contributed by atoms with E-state index >= 15 is 0 Å². The fourth-order valence-electron chi connectivity index (χ4n) is 3.96. The Bertz CT molecular complexity index is 1430. The molecule has 4 aromatic rings. The molecule has 0 aliphatic heterocycles. The smallest absolute Gasteiger partial charge is 0.383 e. The lowest BCUT2D eigenvalue weighted by molar-refractivity contribution is -0.138. The van der Waals surface area contributed by atoms with Crippen LogP contribution in [-0.4, -0.2) is 37.6 Å². The molecule has 180 valence electrons. The van der Waals surface area contributed by atoms with E-state index in [1.54, 1.807) is 18.3 Å². The van der Waals surface area contributed by atoms with Crippen LogP contribution in [0.3, 0.4) is 0 Å². The number of hydrogen-bond donors (Lipinski definition) is 1. The summed E-state index contributed by atoms with van der Waals surface area (Å²) < 4.78 is 49.1. The van der Waals surface area contributed by atoms with Crippen molar-refractivity contribution in [1.82, 2.24) is 23.9 Å². The lowest BCUT2D eigenvalue weighted by Crippen LogP contribution is -2.40. The van der Waals surface area contributed by atoms with Crippen LogP contribution in [0.2, 0.25) is 0 Å². The van der Waals surface area contributed by atoms with Gasteiger partial charge in [-0.1, -0.05) is 25.1 Å². The van der Waals surface area contributed by atoms with E-state index in [0.717, 1.165) is 10.6 Å². The number of aromatic amines is 1. The molecule has 11 heteroatoms. The van der Waals surface area contributed by atoms with Gasteiger partial charge >= 0.3 is 11.9 Å². The molecule has 3 aromatic heterocycles. The van der Waals surface area contributed by atoms with Crippen LogP contribution in [0.15, 0.2) is 52.3 Å². The van der Waals surface area contributed by atoms with Crippen molar-refractivity contribution in [3.63, 3.8) is 0 Å². The molecule has 0 fully saturated rings. The number of benzene rings is 1. The lowest BCUT2D eigenvalue weighted by atomic mass is 10.1. The van der Waals surface area contributed by atoms with Crippen LogP contribution in [0.25, 0.3) is 22.3 Å². The van der Waals surface area contributed by atoms with Gasteiger partial charge in [-0.3, -0.25) is 18.6 Å². The van der Waals surface area contributed by atoms with Crippen molar-refractivity contribution in [3.05, 3.63) is 74.7 Å². The SMILES string of the molecule is CCCn1c(=O)n(CCOC)c(=O)c2[nH]c(-c3cnn(Cc4ccccc4C(F)(F)F)c3)cc21. The van der Waals surface area contributed by atoms with Crippen molar-refractivity contribution in [3.8, 4) is 11.3 Å². The van der Waals surface area contributed by atoms with Crippen molar-refractivity contribution in [2.24, 2.45) is 0 Å². The molecule has 0 aliphatic carbocycles. The third kappa shape index (κ3) is 4.43. The van der Waals surface area contributed by atoms with Gasteiger partial charge in [0, 0.05) is 25.4 Å². The Kier molecular flexibility index (Phi) is 6.47. The fraction of sp³-hybridized carbons (Fsp3) is 0.348. The predicted octanol–water partition coefficient (Wildman–Crippen LogP) is 3.48. The number of rotatable bonds is 8. The molecule has 1 N–H and O–H groups in total. The van der Waals surface area contributed by atoms with Crippen LogP contribution in [0.5, 0.6) is 0 Å². The lowest BCUT2D eigenvalue weighted by Gasteiger charge is -2.12. The monoisotopic (exact) mass is 475 g/mol. The number of H-pyrrole nitrogens is 1. The third-order valence-electron chi connectivity index (χ3n) is 5.57. The largest absolute Gasteiger partial charge is 0.416 e. The van der Waals surface area contributed by atoms with Gasteiger partial charge in [-0.2, -0.15) is 18.3 Å². The maximum atomic E-state index is 13.3. The molecule has 1 aromatic carbocycles. The zero-order chi connectivity index (χ0) is 24.5. The minimum Gasteiger partial charge on any atom is -0.383 e. The highest BCUT2D eigenvalue weighted by Crippen LogP contribution is 2.32. The van der Waals surface area contributed by atoms with Crippen molar-refractivity contribution in [1.29, 1.82) is 0 Å². The zero-order valence-electron chi connectivity index (χ0n) is 18.7. The average molecular weight is 475 g/mol. The first kappa shape index (κ1) is 23.6. The summed E-state index contributed by atoms with van der Waals surface area (Å²) in [6.07, 6.45) is -0.666. The first-order valence-corrected chi connectivity index (χ1v) is 10.8. The zero-order valence-corrected chi connectivity index (χ0v) is 18.7. The van der Waals surface area contributed by atoms with Gasteiger partial charge in [0.25, 0.3) is 5.56 Å². The van der Waals surface area contributed by atoms with Gasteiger partial charge in [0.1, 0.15) is 5.52 Å². The highest BCUT2D eigenvalue weighted by molar-refractivity contribution is 5.82. The summed E-state index contributed by atoms with van der Waals surface area (Å²) in [6.45, 7) is 2.62. The van der Waals surface area contributed by atoms with Gasteiger partial charge in [0.15, 0.2) is 0 Å². The standard InChI is InChI=1S/C23H24F3N5O3/c1-3-8-30-19-11-18(28-20(19)21(32)31(22(30)33)9-10-34-2)16-12-27-29(14-16)13-15-6-4-5-7-17(15)23(24,25)26/h4-7,11-12,14,28H,3,8-10,13H2,1-2H3. The Morgan fingerprint density at radius 3 is 2.59 bits per heavy atom. The molecule has 0 saturated carbocycles. The molecule has 0 unspecified atom stereocenters. The molecule has 4 rings (SSSR count). The van der Waals surface area contributed by atoms with E-state index in [1.807, 2.05) is 6.92 Å². The Morgan fingerprint density at radius 1 is 1.12 bits per heavy atom. The Morgan fingerprint density at radius 2 is 1.88 bits per heavy atom. The number of nitrogens with zero attached hydrogens (tertiary/aromatic N) is 4. The molecular formula is C23H24F3N5O3. The van der Waals surface area contributed by atoms with Gasteiger partial charge < -0.3 is 9.72 Å². The number of aromatic nitrogens is 5. The summed E-state index contributed by atoms with van der Waals surface area (Å²) in [7, 11) is 1.49. The van der Waals surface area contributed by atoms with E-state index in [0.29, 0.717) is 29.7 Å². The van der Waals surface area contributed by atoms with Crippen LogP contribution >= 0.6 is 0 Å². The van der Waals surface area contributed by atoms with Crippen LogP contribution in [-0.2, 0) is 30.5 Å². The van der Waals surface area contributed by atoms with Gasteiger partial charge in [0.05, 0.1) is 42.7 Å². The van der Waals surface area contributed by atoms with Crippen molar-refractivity contribution < 1.29 is 17.9 Å². The second-order valence-corrected chi connectivity index (χ2v) is 7.91. The average Bonchev–Trinajstić information content (AvgIpc) is 3.44. The number of aryl methyl sites for hydroxylation is 1. The van der Waals surface area contributed by atoms with Crippen LogP contribution in [0.1, 0.15) is 24.5 Å². The van der Waals surface area contributed by atoms with Gasteiger partial charge in [-0.25, -0.2) is 4.79 Å². The highest BCUT2D eigenvalue weighted by atomic mass is 19.4. The molecular weight excluding hydrogens is 451 g/mol. The minimum absolute atomic E-state index is 0.0692. The summed E-state index contributed by atoms with van der Waals surface area (Å²) in [5.41, 5.74) is 0.376. The number of ether oxygens (including phenoxy) is 1. The predicted molar refractivity (Wildman–Crippen MR) is 121 cm³/mol. The maximum Gasteiger partial charge on any atom is 0.416 e. The van der Waals surface area contributed by atoms with Crippen molar-refractivity contribution >= 4 is 11.0 Å². The topological polar surface area (TPSA) is 86.8 Å². The highest BCUT2D eigenvalue weighted by Gasteiger charge is 2.33. The number of hydrogen-bond acceptors (Lipinski definition) is 4. The van der Waals surface area contributed by atoms with Crippen molar-refractivity contribution in [2.45, 2.75) is 39.2 Å². The summed E-state index contributed by atoms with van der Waals surface area (Å²) >= 11 is 0. The Hall–Kier alpha value is -3.60. The van der Waals surface area contributed by atoms with Crippen LogP contribution in [0, 0.1) is 0 Å². The number of alkyl halides is 3. The first-order valence-electron chi connectivity index (χ1n) is 10.8. The Labute approximate surface area is 192 Å². The summed E-state index contributed by atoms with van der Waals surface area (Å²) in [5.74, 6) is 0. The molecule has 0 amide bonds. The normalized spacial score (nSPS) is 12.0.